The predicted molar refractivity (Wildman–Crippen MR) is 147 cm³/mol. The normalized spacial score (nSPS) is 11.9. The van der Waals surface area contributed by atoms with Gasteiger partial charge in [0.05, 0.1) is 0 Å². The lowest BCUT2D eigenvalue weighted by Crippen LogP contribution is -2.23. The van der Waals surface area contributed by atoms with Gasteiger partial charge in [0.25, 0.3) is 0 Å². The molecule has 0 fully saturated rings. The molecule has 0 radical (unpaired) electrons. The van der Waals surface area contributed by atoms with E-state index in [1.165, 1.54) is 12.1 Å². The summed E-state index contributed by atoms with van der Waals surface area (Å²) < 4.78 is 29.9. The summed E-state index contributed by atoms with van der Waals surface area (Å²) in [7, 11) is -1.14. The Morgan fingerprint density at radius 3 is 1.89 bits per heavy atom. The number of fused-ring (bicyclic) bond motifs is 1. The highest BCUT2D eigenvalue weighted by molar-refractivity contribution is 7.80. The van der Waals surface area contributed by atoms with Crippen LogP contribution in [-0.2, 0) is 0 Å². The van der Waals surface area contributed by atoms with Crippen molar-refractivity contribution >= 4 is 40.2 Å². The molecule has 0 aliphatic carbocycles. The van der Waals surface area contributed by atoms with Crippen LogP contribution in [0.25, 0.3) is 27.5 Å². The minimum atomic E-state index is -1.14. The van der Waals surface area contributed by atoms with Gasteiger partial charge in [-0.1, -0.05) is 103 Å². The molecule has 3 heteroatoms. The maximum Gasteiger partial charge on any atom is 0.159 e. The van der Waals surface area contributed by atoms with Crippen molar-refractivity contribution in [3.63, 3.8) is 0 Å². The Morgan fingerprint density at radius 2 is 1.26 bits per heavy atom. The first-order valence-corrected chi connectivity index (χ1v) is 13.0. The van der Waals surface area contributed by atoms with Gasteiger partial charge in [0.15, 0.2) is 11.6 Å². The van der Waals surface area contributed by atoms with Crippen LogP contribution in [0.3, 0.4) is 0 Å². The molecule has 0 saturated carbocycles. The van der Waals surface area contributed by atoms with E-state index < -0.39 is 19.6 Å². The van der Waals surface area contributed by atoms with Gasteiger partial charge in [-0.15, -0.1) is 0 Å². The summed E-state index contributed by atoms with van der Waals surface area (Å²) in [6.45, 7) is 4.06. The molecular formula is C32H25F2P. The van der Waals surface area contributed by atoms with Crippen molar-refractivity contribution in [2.24, 2.45) is 0 Å². The van der Waals surface area contributed by atoms with Gasteiger partial charge in [-0.3, -0.25) is 0 Å². The van der Waals surface area contributed by atoms with Crippen molar-refractivity contribution in [2.75, 3.05) is 0 Å². The van der Waals surface area contributed by atoms with Crippen LogP contribution in [0.2, 0.25) is 0 Å². The second kappa shape index (κ2) is 9.94. The number of rotatable bonds is 5. The van der Waals surface area contributed by atoms with Crippen LogP contribution in [0.5, 0.6) is 0 Å². The maximum atomic E-state index is 14.9. The Morgan fingerprint density at radius 1 is 0.686 bits per heavy atom. The summed E-state index contributed by atoms with van der Waals surface area (Å²) in [5.41, 5.74) is 3.78. The molecule has 0 atom stereocenters. The van der Waals surface area contributed by atoms with Gasteiger partial charge in [0.1, 0.15) is 0 Å². The van der Waals surface area contributed by atoms with Gasteiger partial charge in [-0.2, -0.15) is 0 Å². The predicted octanol–water partition coefficient (Wildman–Crippen LogP) is 7.97. The quantitative estimate of drug-likeness (QED) is 0.225. The molecule has 0 aliphatic heterocycles. The summed E-state index contributed by atoms with van der Waals surface area (Å²) in [6, 6.07) is 35.4. The van der Waals surface area contributed by atoms with E-state index in [1.807, 2.05) is 55.5 Å². The van der Waals surface area contributed by atoms with E-state index >= 15 is 0 Å². The molecule has 0 aliphatic rings. The van der Waals surface area contributed by atoms with E-state index in [0.717, 1.165) is 48.9 Å². The van der Waals surface area contributed by atoms with Crippen LogP contribution >= 0.6 is 7.92 Å². The van der Waals surface area contributed by atoms with Crippen molar-refractivity contribution in [1.29, 1.82) is 0 Å². The molecule has 172 valence electrons. The van der Waals surface area contributed by atoms with Crippen LogP contribution in [0.1, 0.15) is 19.4 Å². The summed E-state index contributed by atoms with van der Waals surface area (Å²) in [4.78, 5) is 0. The third kappa shape index (κ3) is 4.43. The van der Waals surface area contributed by atoms with Gasteiger partial charge in [0, 0.05) is 0 Å². The molecular weight excluding hydrogens is 453 g/mol. The molecule has 0 bridgehead atoms. The molecule has 5 rings (SSSR count). The monoisotopic (exact) mass is 478 g/mol. The lowest BCUT2D eigenvalue weighted by Gasteiger charge is -2.25. The first-order chi connectivity index (χ1) is 17.1. The third-order valence-electron chi connectivity index (χ3n) is 6.36. The van der Waals surface area contributed by atoms with E-state index in [-0.39, 0.29) is 0 Å². The first kappa shape index (κ1) is 23.1. The number of allylic oxidation sites excluding steroid dienone is 2. The fourth-order valence-electron chi connectivity index (χ4n) is 4.55. The highest BCUT2D eigenvalue weighted by Gasteiger charge is 2.25. The fraction of sp³-hybridized carbons (Fsp3) is 0.0625. The van der Waals surface area contributed by atoms with Crippen molar-refractivity contribution in [2.45, 2.75) is 13.8 Å². The largest absolute Gasteiger partial charge is 0.204 e. The zero-order chi connectivity index (χ0) is 24.4. The Labute approximate surface area is 206 Å². The summed E-state index contributed by atoms with van der Waals surface area (Å²) in [5, 5.41) is 5.07. The number of hydrogen-bond donors (Lipinski definition) is 0. The Kier molecular flexibility index (Phi) is 6.57. The van der Waals surface area contributed by atoms with Gasteiger partial charge in [-0.05, 0) is 82.9 Å². The summed E-state index contributed by atoms with van der Waals surface area (Å²) in [5.74, 6) is -1.66. The number of halogens is 2. The van der Waals surface area contributed by atoms with Crippen molar-refractivity contribution in [3.8, 4) is 11.1 Å². The van der Waals surface area contributed by atoms with E-state index in [2.05, 4.69) is 61.5 Å². The molecule has 5 aromatic rings. The molecule has 0 heterocycles. The van der Waals surface area contributed by atoms with Crippen LogP contribution in [-0.4, -0.2) is 0 Å². The first-order valence-electron chi connectivity index (χ1n) is 11.6. The lowest BCUT2D eigenvalue weighted by atomic mass is 9.90. The summed E-state index contributed by atoms with van der Waals surface area (Å²) in [6.07, 6.45) is 2.06. The van der Waals surface area contributed by atoms with Crippen LogP contribution in [0, 0.1) is 11.6 Å². The fourth-order valence-corrected chi connectivity index (χ4v) is 7.00. The van der Waals surface area contributed by atoms with E-state index in [0.29, 0.717) is 0 Å². The minimum absolute atomic E-state index is 0.732. The molecule has 0 spiro atoms. The van der Waals surface area contributed by atoms with Gasteiger partial charge >= 0.3 is 0 Å². The van der Waals surface area contributed by atoms with Crippen LogP contribution in [0.15, 0.2) is 115 Å². The molecule has 5 aromatic carbocycles. The van der Waals surface area contributed by atoms with Gasteiger partial charge < -0.3 is 0 Å². The third-order valence-corrected chi connectivity index (χ3v) is 8.85. The average Bonchev–Trinajstić information content (AvgIpc) is 2.91. The molecule has 0 saturated heterocycles. The van der Waals surface area contributed by atoms with Gasteiger partial charge in [-0.25, -0.2) is 8.78 Å². The number of benzene rings is 5. The van der Waals surface area contributed by atoms with Crippen molar-refractivity contribution in [3.05, 3.63) is 132 Å². The summed E-state index contributed by atoms with van der Waals surface area (Å²) >= 11 is 0. The molecule has 0 unspecified atom stereocenters. The average molecular weight is 479 g/mol. The molecule has 0 N–H and O–H groups in total. The second-order valence-electron chi connectivity index (χ2n) is 8.47. The topological polar surface area (TPSA) is 0 Å². The highest BCUT2D eigenvalue weighted by Crippen LogP contribution is 2.42. The maximum absolute atomic E-state index is 14.9. The molecule has 35 heavy (non-hydrogen) atoms. The van der Waals surface area contributed by atoms with Crippen molar-refractivity contribution < 1.29 is 8.78 Å². The molecule has 0 amide bonds. The Balaban J connectivity index is 1.91. The van der Waals surface area contributed by atoms with E-state index in [1.54, 1.807) is 0 Å². The van der Waals surface area contributed by atoms with E-state index in [9.17, 15) is 8.78 Å². The second-order valence-corrected chi connectivity index (χ2v) is 10.7. The highest BCUT2D eigenvalue weighted by atomic mass is 31.1. The van der Waals surface area contributed by atoms with Crippen molar-refractivity contribution in [1.82, 2.24) is 0 Å². The van der Waals surface area contributed by atoms with Crippen LogP contribution < -0.4 is 15.9 Å². The smallest absolute Gasteiger partial charge is 0.159 e. The SMILES string of the molecule is CC=C(C)c1ccc2ccccc2c1-c1cc(F)c(F)cc1P(c1ccccc1)c1ccccc1. The Hall–Kier alpha value is -3.61. The number of hydrogen-bond acceptors (Lipinski definition) is 0. The zero-order valence-electron chi connectivity index (χ0n) is 19.7. The lowest BCUT2D eigenvalue weighted by molar-refractivity contribution is 0.510. The Bertz CT molecular complexity index is 1480. The van der Waals surface area contributed by atoms with E-state index in [4.69, 9.17) is 0 Å². The molecule has 0 aromatic heterocycles. The minimum Gasteiger partial charge on any atom is -0.204 e. The van der Waals surface area contributed by atoms with Crippen LogP contribution in [0.4, 0.5) is 8.78 Å². The molecule has 0 nitrogen and oxygen atoms in total. The standard InChI is InChI=1S/C32H25F2P/c1-3-22(2)26-19-18-23-12-10-11-17-27(23)32(26)28-20-29(33)30(34)21-31(28)35(24-13-6-4-7-14-24)25-15-8-5-9-16-25/h3-21H,1-2H3. The zero-order valence-corrected chi connectivity index (χ0v) is 20.6. The van der Waals surface area contributed by atoms with Gasteiger partial charge in [0.2, 0.25) is 0 Å².